The molecule has 0 saturated carbocycles. The first-order valence-electron chi connectivity index (χ1n) is 9.21. The topological polar surface area (TPSA) is 60.2 Å². The monoisotopic (exact) mass is 417 g/mol. The Morgan fingerprint density at radius 1 is 1.03 bits per heavy atom. The van der Waals surface area contributed by atoms with E-state index in [1.165, 1.54) is 22.8 Å². The molecule has 0 saturated heterocycles. The minimum Gasteiger partial charge on any atom is -0.515 e. The molecular weight excluding hydrogens is 395 g/mol. The fraction of sp³-hybridized carbons (Fsp3) is 0.273. The molecule has 0 unspecified atom stereocenters. The zero-order valence-corrected chi connectivity index (χ0v) is 17.0. The molecule has 0 aliphatic carbocycles. The average molecular weight is 417 g/mol. The molecule has 3 aromatic rings. The van der Waals surface area contributed by atoms with Crippen LogP contribution in [0.3, 0.4) is 0 Å². The van der Waals surface area contributed by atoms with Gasteiger partial charge in [-0.15, -0.1) is 10.2 Å². The van der Waals surface area contributed by atoms with E-state index in [1.807, 2.05) is 0 Å². The van der Waals surface area contributed by atoms with Gasteiger partial charge in [-0.25, -0.2) is 0 Å². The third-order valence-electron chi connectivity index (χ3n) is 4.76. The van der Waals surface area contributed by atoms with Crippen LogP contribution in [0.15, 0.2) is 54.8 Å². The minimum atomic E-state index is -4.50. The zero-order valence-electron chi connectivity index (χ0n) is 17.0. The molecule has 3 rings (SSSR count). The standard InChI is InChI=1S/C22H22F3N3O2/c1-14(13-29)15-9-11-16(12-10-15)30-21(2,3)20-27-26-19(28(20)4)17-7-5-6-8-18(17)22(23,24)25/h5-13,29H,1-4H3/b14-13+. The van der Waals surface area contributed by atoms with E-state index < -0.39 is 17.3 Å². The van der Waals surface area contributed by atoms with Gasteiger partial charge in [0.15, 0.2) is 17.2 Å². The van der Waals surface area contributed by atoms with Gasteiger partial charge in [0.05, 0.1) is 11.8 Å². The predicted molar refractivity (Wildman–Crippen MR) is 108 cm³/mol. The van der Waals surface area contributed by atoms with Crippen LogP contribution in [0.1, 0.15) is 37.7 Å². The lowest BCUT2D eigenvalue weighted by Gasteiger charge is -2.25. The van der Waals surface area contributed by atoms with Crippen molar-refractivity contribution in [1.29, 1.82) is 0 Å². The van der Waals surface area contributed by atoms with Gasteiger partial charge < -0.3 is 14.4 Å². The van der Waals surface area contributed by atoms with E-state index in [0.717, 1.165) is 17.9 Å². The molecule has 0 amide bonds. The Hall–Kier alpha value is -3.29. The van der Waals surface area contributed by atoms with Crippen molar-refractivity contribution >= 4 is 5.57 Å². The molecule has 30 heavy (non-hydrogen) atoms. The summed E-state index contributed by atoms with van der Waals surface area (Å²) in [5, 5.41) is 17.2. The van der Waals surface area contributed by atoms with Crippen LogP contribution in [0, 0.1) is 0 Å². The van der Waals surface area contributed by atoms with Crippen LogP contribution in [0.25, 0.3) is 17.0 Å². The van der Waals surface area contributed by atoms with Crippen molar-refractivity contribution in [2.24, 2.45) is 7.05 Å². The van der Waals surface area contributed by atoms with Crippen molar-refractivity contribution in [3.05, 3.63) is 71.7 Å². The predicted octanol–water partition coefficient (Wildman–Crippen LogP) is 5.73. The van der Waals surface area contributed by atoms with Crippen LogP contribution < -0.4 is 4.74 Å². The number of ether oxygens (including phenoxy) is 1. The van der Waals surface area contributed by atoms with Crippen LogP contribution >= 0.6 is 0 Å². The largest absolute Gasteiger partial charge is 0.515 e. The Balaban J connectivity index is 1.93. The lowest BCUT2D eigenvalue weighted by Crippen LogP contribution is -2.29. The summed E-state index contributed by atoms with van der Waals surface area (Å²) in [6.45, 7) is 5.31. The molecule has 0 atom stereocenters. The van der Waals surface area contributed by atoms with Crippen molar-refractivity contribution in [1.82, 2.24) is 14.8 Å². The normalized spacial score (nSPS) is 12.8. The maximum Gasteiger partial charge on any atom is 0.417 e. The van der Waals surface area contributed by atoms with Gasteiger partial charge in [0.2, 0.25) is 0 Å². The summed E-state index contributed by atoms with van der Waals surface area (Å²) in [7, 11) is 1.61. The Morgan fingerprint density at radius 3 is 2.27 bits per heavy atom. The van der Waals surface area contributed by atoms with Gasteiger partial charge in [0.25, 0.3) is 0 Å². The Labute approximate surface area is 172 Å². The molecule has 0 aliphatic rings. The van der Waals surface area contributed by atoms with E-state index in [-0.39, 0.29) is 11.4 Å². The van der Waals surface area contributed by atoms with Gasteiger partial charge in [-0.2, -0.15) is 13.2 Å². The lowest BCUT2D eigenvalue weighted by molar-refractivity contribution is -0.137. The van der Waals surface area contributed by atoms with Crippen molar-refractivity contribution in [3.8, 4) is 17.1 Å². The summed E-state index contributed by atoms with van der Waals surface area (Å²) in [5.74, 6) is 1.04. The zero-order chi connectivity index (χ0) is 22.1. The number of allylic oxidation sites excluding steroid dienone is 1. The molecule has 8 heteroatoms. The van der Waals surface area contributed by atoms with E-state index in [9.17, 15) is 13.2 Å². The second-order valence-electron chi connectivity index (χ2n) is 7.40. The SMILES string of the molecule is C/C(=C\O)c1ccc(OC(C)(C)c2nnc(-c3ccccc3C(F)(F)F)n2C)cc1. The molecule has 0 radical (unpaired) electrons. The first-order chi connectivity index (χ1) is 14.0. The van der Waals surface area contributed by atoms with Crippen LogP contribution in [0.4, 0.5) is 13.2 Å². The van der Waals surface area contributed by atoms with E-state index in [4.69, 9.17) is 9.84 Å². The summed E-state index contributed by atoms with van der Waals surface area (Å²) < 4.78 is 47.8. The molecule has 1 aromatic heterocycles. The number of aromatic nitrogens is 3. The summed E-state index contributed by atoms with van der Waals surface area (Å²) in [6.07, 6.45) is -3.47. The van der Waals surface area contributed by atoms with Crippen LogP contribution in [0.2, 0.25) is 0 Å². The van der Waals surface area contributed by atoms with Crippen LogP contribution in [-0.2, 0) is 18.8 Å². The van der Waals surface area contributed by atoms with Gasteiger partial charge in [-0.3, -0.25) is 0 Å². The van der Waals surface area contributed by atoms with Gasteiger partial charge in [0.1, 0.15) is 5.75 Å². The first-order valence-corrected chi connectivity index (χ1v) is 9.21. The van der Waals surface area contributed by atoms with Gasteiger partial charge >= 0.3 is 6.18 Å². The van der Waals surface area contributed by atoms with E-state index in [0.29, 0.717) is 17.1 Å². The van der Waals surface area contributed by atoms with E-state index >= 15 is 0 Å². The molecule has 2 aromatic carbocycles. The van der Waals surface area contributed by atoms with E-state index in [1.54, 1.807) is 52.1 Å². The highest BCUT2D eigenvalue weighted by Crippen LogP contribution is 2.37. The minimum absolute atomic E-state index is 0.0438. The summed E-state index contributed by atoms with van der Waals surface area (Å²) in [6, 6.07) is 12.4. The Morgan fingerprint density at radius 2 is 1.67 bits per heavy atom. The molecule has 1 N–H and O–H groups in total. The number of alkyl halides is 3. The summed E-state index contributed by atoms with van der Waals surface area (Å²) in [5.41, 5.74) is -0.225. The fourth-order valence-corrected chi connectivity index (χ4v) is 3.21. The lowest BCUT2D eigenvalue weighted by atomic mass is 10.1. The maximum absolute atomic E-state index is 13.4. The quantitative estimate of drug-likeness (QED) is 0.538. The number of aliphatic hydroxyl groups excluding tert-OH is 1. The fourth-order valence-electron chi connectivity index (χ4n) is 3.21. The molecular formula is C22H22F3N3O2. The van der Waals surface area contributed by atoms with Crippen molar-refractivity contribution in [2.75, 3.05) is 0 Å². The second kappa shape index (κ2) is 7.85. The van der Waals surface area contributed by atoms with Crippen molar-refractivity contribution in [2.45, 2.75) is 32.5 Å². The number of hydrogen-bond donors (Lipinski definition) is 1. The highest BCUT2D eigenvalue weighted by Gasteiger charge is 2.36. The maximum atomic E-state index is 13.4. The third kappa shape index (κ3) is 4.17. The van der Waals surface area contributed by atoms with Gasteiger partial charge in [0, 0.05) is 12.6 Å². The van der Waals surface area contributed by atoms with Gasteiger partial charge in [-0.1, -0.05) is 30.3 Å². The van der Waals surface area contributed by atoms with Crippen molar-refractivity contribution < 1.29 is 23.0 Å². The Kier molecular flexibility index (Phi) is 5.61. The van der Waals surface area contributed by atoms with E-state index in [2.05, 4.69) is 10.2 Å². The highest BCUT2D eigenvalue weighted by molar-refractivity contribution is 5.63. The molecule has 158 valence electrons. The second-order valence-corrected chi connectivity index (χ2v) is 7.40. The number of nitrogens with zero attached hydrogens (tertiary/aromatic N) is 3. The molecule has 0 bridgehead atoms. The first kappa shape index (κ1) is 21.4. The van der Waals surface area contributed by atoms with Crippen LogP contribution in [0.5, 0.6) is 5.75 Å². The summed E-state index contributed by atoms with van der Waals surface area (Å²) >= 11 is 0. The highest BCUT2D eigenvalue weighted by atomic mass is 19.4. The van der Waals surface area contributed by atoms with Crippen molar-refractivity contribution in [3.63, 3.8) is 0 Å². The third-order valence-corrected chi connectivity index (χ3v) is 4.76. The number of aliphatic hydroxyl groups is 1. The molecule has 0 fully saturated rings. The van der Waals surface area contributed by atoms with Gasteiger partial charge in [-0.05, 0) is 50.1 Å². The number of rotatable bonds is 5. The van der Waals surface area contributed by atoms with Crippen LogP contribution in [-0.4, -0.2) is 19.9 Å². The smallest absolute Gasteiger partial charge is 0.417 e. The number of hydrogen-bond acceptors (Lipinski definition) is 4. The number of halogens is 3. The Bertz CT molecular complexity index is 1070. The summed E-state index contributed by atoms with van der Waals surface area (Å²) in [4.78, 5) is 0. The molecule has 1 heterocycles. The molecule has 5 nitrogen and oxygen atoms in total. The molecule has 0 aliphatic heterocycles. The molecule has 0 spiro atoms. The average Bonchev–Trinajstić information content (AvgIpc) is 3.09. The number of benzene rings is 2.